The summed E-state index contributed by atoms with van der Waals surface area (Å²) in [6, 6.07) is 14.0. The summed E-state index contributed by atoms with van der Waals surface area (Å²) in [5, 5.41) is 5.89. The Balaban J connectivity index is 1.51. The van der Waals surface area contributed by atoms with E-state index in [1.54, 1.807) is 39.9 Å². The van der Waals surface area contributed by atoms with E-state index in [4.69, 9.17) is 0 Å². The van der Waals surface area contributed by atoms with Gasteiger partial charge in [-0.15, -0.1) is 0 Å². The summed E-state index contributed by atoms with van der Waals surface area (Å²) in [4.78, 5) is 27.0. The number of carbonyl (C=O) groups is 2. The van der Waals surface area contributed by atoms with Gasteiger partial charge in [-0.05, 0) is 52.5 Å². The zero-order valence-corrected chi connectivity index (χ0v) is 19.8. The molecule has 9 heteroatoms. The predicted molar refractivity (Wildman–Crippen MR) is 127 cm³/mol. The van der Waals surface area contributed by atoms with Crippen LogP contribution in [0.15, 0.2) is 56.2 Å². The Morgan fingerprint density at radius 2 is 1.87 bits per heavy atom. The van der Waals surface area contributed by atoms with Crippen molar-refractivity contribution in [3.05, 3.63) is 64.4 Å². The molecule has 2 amide bonds. The lowest BCUT2D eigenvalue weighted by atomic mass is 9.92. The van der Waals surface area contributed by atoms with Gasteiger partial charge in [-0.25, -0.2) is 9.18 Å². The summed E-state index contributed by atoms with van der Waals surface area (Å²) in [5.41, 5.74) is 1.61. The Labute approximate surface area is 196 Å². The number of benzene rings is 2. The van der Waals surface area contributed by atoms with Crippen molar-refractivity contribution in [2.24, 2.45) is 9.12 Å². The Morgan fingerprint density at radius 1 is 1.17 bits per heavy atom. The summed E-state index contributed by atoms with van der Waals surface area (Å²) in [5.74, 6) is -0.471. The number of ketones is 1. The van der Waals surface area contributed by atoms with Gasteiger partial charge in [0, 0.05) is 31.2 Å². The molecule has 1 fully saturated rings. The first-order valence-electron chi connectivity index (χ1n) is 9.50. The molecule has 1 aliphatic rings. The number of carbonyl (C=O) groups excluding carboxylic acids is 2. The monoisotopic (exact) mass is 586 g/mol. The predicted octanol–water partition coefficient (Wildman–Crippen LogP) is 4.94. The van der Waals surface area contributed by atoms with Gasteiger partial charge < -0.3 is 15.5 Å². The van der Waals surface area contributed by atoms with Crippen LogP contribution in [0.25, 0.3) is 0 Å². The number of hydrogen-bond acceptors (Lipinski definition) is 3. The molecular weight excluding hydrogens is 566 g/mol. The Hall–Kier alpha value is -2.01. The summed E-state index contributed by atoms with van der Waals surface area (Å²) >= 11 is 4.91. The van der Waals surface area contributed by atoms with Crippen molar-refractivity contribution in [1.82, 2.24) is 10.2 Å². The van der Waals surface area contributed by atoms with E-state index in [1.165, 1.54) is 6.07 Å². The minimum absolute atomic E-state index is 0.103. The van der Waals surface area contributed by atoms with E-state index < -0.39 is 0 Å². The maximum atomic E-state index is 13.4. The highest BCUT2D eigenvalue weighted by atomic mass is 127. The van der Waals surface area contributed by atoms with Gasteiger partial charge in [-0.1, -0.05) is 30.3 Å². The highest BCUT2D eigenvalue weighted by Crippen LogP contribution is 2.23. The molecular formula is C21H21BrFIN4O2. The van der Waals surface area contributed by atoms with Crippen LogP contribution in [0, 0.1) is 11.7 Å². The van der Waals surface area contributed by atoms with E-state index in [9.17, 15) is 14.0 Å². The molecule has 1 aliphatic heterocycles. The second kappa shape index (κ2) is 10.9. The molecule has 0 bridgehead atoms. The molecule has 0 unspecified atom stereocenters. The molecule has 0 saturated carbocycles. The quantitative estimate of drug-likeness (QED) is 0.296. The topological polar surface area (TPSA) is 73.8 Å². The van der Waals surface area contributed by atoms with E-state index in [0.29, 0.717) is 42.6 Å². The molecule has 158 valence electrons. The maximum absolute atomic E-state index is 13.4. The number of nitrogens with zero attached hydrogens (tertiary/aromatic N) is 2. The Kier molecular flexibility index (Phi) is 8.20. The van der Waals surface area contributed by atoms with Crippen molar-refractivity contribution in [1.29, 1.82) is 0 Å². The van der Waals surface area contributed by atoms with Gasteiger partial charge in [0.2, 0.25) is 5.78 Å². The number of nitrogens with one attached hydrogen (secondary N) is 2. The van der Waals surface area contributed by atoms with Crippen LogP contribution in [0.1, 0.15) is 18.4 Å². The smallest absolute Gasteiger partial charge is 0.317 e. The third-order valence-electron chi connectivity index (χ3n) is 4.94. The van der Waals surface area contributed by atoms with Gasteiger partial charge in [0.05, 0.1) is 27.3 Å². The van der Waals surface area contributed by atoms with Crippen LogP contribution in [0.4, 0.5) is 14.9 Å². The normalized spacial score (nSPS) is 15.0. The van der Waals surface area contributed by atoms with E-state index >= 15 is 0 Å². The Bertz CT molecular complexity index is 934. The van der Waals surface area contributed by atoms with Crippen LogP contribution < -0.4 is 10.6 Å². The van der Waals surface area contributed by atoms with Gasteiger partial charge in [0.15, 0.2) is 5.84 Å². The highest BCUT2D eigenvalue weighted by molar-refractivity contribution is 14.1. The Morgan fingerprint density at radius 3 is 2.50 bits per heavy atom. The van der Waals surface area contributed by atoms with Crippen molar-refractivity contribution < 1.29 is 14.0 Å². The zero-order chi connectivity index (χ0) is 21.5. The van der Waals surface area contributed by atoms with Gasteiger partial charge >= 0.3 is 6.03 Å². The minimum Gasteiger partial charge on any atom is -0.337 e. The van der Waals surface area contributed by atoms with Gasteiger partial charge in [-0.3, -0.25) is 4.79 Å². The average molecular weight is 587 g/mol. The largest absolute Gasteiger partial charge is 0.337 e. The van der Waals surface area contributed by atoms with Crippen molar-refractivity contribution in [3.63, 3.8) is 0 Å². The van der Waals surface area contributed by atoms with Crippen LogP contribution in [0.3, 0.4) is 0 Å². The van der Waals surface area contributed by atoms with Crippen molar-refractivity contribution in [2.75, 3.05) is 18.4 Å². The van der Waals surface area contributed by atoms with Crippen molar-refractivity contribution in [3.8, 4) is 0 Å². The molecule has 1 saturated heterocycles. The number of amidine groups is 1. The van der Waals surface area contributed by atoms with Crippen molar-refractivity contribution in [2.45, 2.75) is 19.4 Å². The molecule has 1 heterocycles. The fraction of sp³-hybridized carbons (Fsp3) is 0.286. The van der Waals surface area contributed by atoms with Gasteiger partial charge in [0.1, 0.15) is 5.82 Å². The molecule has 0 radical (unpaired) electrons. The number of hydrogen-bond donors (Lipinski definition) is 2. The standard InChI is InChI=1S/C21H21BrFIN4O2/c22-17-12-16(6-7-18(17)23)26-20(27-24)19(29)15-8-10-28(11-9-15)21(30)25-13-14-4-2-1-3-5-14/h1-7,12,15H,8-11,13H2,(H,25,30)(H,26,27). The molecule has 3 rings (SSSR count). The van der Waals surface area contributed by atoms with Gasteiger partial charge in [0.25, 0.3) is 0 Å². The highest BCUT2D eigenvalue weighted by Gasteiger charge is 2.30. The van der Waals surface area contributed by atoms with Crippen LogP contribution >= 0.6 is 38.8 Å². The maximum Gasteiger partial charge on any atom is 0.317 e. The van der Waals surface area contributed by atoms with Crippen LogP contribution in [-0.4, -0.2) is 35.6 Å². The molecule has 0 aliphatic carbocycles. The van der Waals surface area contributed by atoms with E-state index in [2.05, 4.69) is 29.8 Å². The summed E-state index contributed by atoms with van der Waals surface area (Å²) in [7, 11) is 0. The molecule has 0 atom stereocenters. The third kappa shape index (κ3) is 6.00. The number of rotatable bonds is 5. The molecule has 6 nitrogen and oxygen atoms in total. The van der Waals surface area contributed by atoms with E-state index in [-0.39, 0.29) is 29.4 Å². The number of urea groups is 1. The average Bonchev–Trinajstić information content (AvgIpc) is 2.78. The number of amides is 2. The van der Waals surface area contributed by atoms with E-state index in [0.717, 1.165) is 5.56 Å². The number of likely N-dealkylation sites (tertiary alicyclic amines) is 1. The zero-order valence-electron chi connectivity index (χ0n) is 16.1. The summed E-state index contributed by atoms with van der Waals surface area (Å²) in [6.45, 7) is 1.49. The molecule has 2 N–H and O–H groups in total. The molecule has 0 aromatic heterocycles. The fourth-order valence-corrected chi connectivity index (χ4v) is 4.00. The number of piperidine rings is 1. The summed E-state index contributed by atoms with van der Waals surface area (Å²) < 4.78 is 17.8. The lowest BCUT2D eigenvalue weighted by Crippen LogP contribution is -2.46. The summed E-state index contributed by atoms with van der Waals surface area (Å²) in [6.07, 6.45) is 1.14. The van der Waals surface area contributed by atoms with Crippen LogP contribution in [0.5, 0.6) is 0 Å². The second-order valence-electron chi connectivity index (χ2n) is 6.96. The van der Waals surface area contributed by atoms with E-state index in [1.807, 2.05) is 30.3 Å². The second-order valence-corrected chi connectivity index (χ2v) is 8.29. The SMILES string of the molecule is O=C(/C(=N/I)Nc1ccc(F)c(Br)c1)C1CCN(C(=O)NCc2ccccc2)CC1. The fourth-order valence-electron chi connectivity index (χ4n) is 3.26. The number of Topliss-reactive ketones (excluding diaryl/α,β-unsaturated/α-hetero) is 1. The first-order valence-corrected chi connectivity index (χ1v) is 11.3. The lowest BCUT2D eigenvalue weighted by Gasteiger charge is -2.31. The third-order valence-corrected chi connectivity index (χ3v) is 6.03. The lowest BCUT2D eigenvalue weighted by molar-refractivity contribution is -0.117. The van der Waals surface area contributed by atoms with Gasteiger partial charge in [-0.2, -0.15) is 3.21 Å². The number of anilines is 1. The molecule has 2 aromatic rings. The first-order chi connectivity index (χ1) is 14.5. The first kappa shape index (κ1) is 22.7. The van der Waals surface area contributed by atoms with Crippen LogP contribution in [0.2, 0.25) is 0 Å². The molecule has 0 spiro atoms. The minimum atomic E-state index is -0.377. The van der Waals surface area contributed by atoms with Crippen LogP contribution in [-0.2, 0) is 11.3 Å². The molecule has 2 aromatic carbocycles. The molecule has 30 heavy (non-hydrogen) atoms. The number of halogens is 3. The van der Waals surface area contributed by atoms with Crippen molar-refractivity contribution >= 4 is 62.1 Å².